The summed E-state index contributed by atoms with van der Waals surface area (Å²) in [6, 6.07) is 14.4. The van der Waals surface area contributed by atoms with Crippen molar-refractivity contribution in [3.63, 3.8) is 0 Å². The van der Waals surface area contributed by atoms with Crippen molar-refractivity contribution in [2.45, 2.75) is 0 Å². The Kier molecular flexibility index (Phi) is 3.48. The first kappa shape index (κ1) is 12.0. The first-order chi connectivity index (χ1) is 8.70. The van der Waals surface area contributed by atoms with Gasteiger partial charge in [0.2, 0.25) is 0 Å². The van der Waals surface area contributed by atoms with Crippen molar-refractivity contribution in [1.82, 2.24) is 0 Å². The molecular weight excluding hydrogens is 226 g/mol. The molecule has 0 saturated heterocycles. The van der Waals surface area contributed by atoms with Crippen LogP contribution in [0.4, 0.5) is 17.1 Å². The van der Waals surface area contributed by atoms with Crippen LogP contribution in [0.25, 0.3) is 0 Å². The summed E-state index contributed by atoms with van der Waals surface area (Å²) in [7, 11) is 1.83. The lowest BCUT2D eigenvalue weighted by molar-refractivity contribution is 0.102. The minimum atomic E-state index is -0.171. The molecule has 0 aliphatic carbocycles. The van der Waals surface area contributed by atoms with Crippen molar-refractivity contribution >= 4 is 23.0 Å². The van der Waals surface area contributed by atoms with Crippen LogP contribution in [0.1, 0.15) is 10.4 Å². The van der Waals surface area contributed by atoms with Crippen molar-refractivity contribution < 1.29 is 4.79 Å². The fraction of sp³-hybridized carbons (Fsp3) is 0.0714. The number of hydrogen-bond acceptors (Lipinski definition) is 3. The number of carbonyl (C=O) groups excluding carboxylic acids is 1. The van der Waals surface area contributed by atoms with Gasteiger partial charge in [-0.15, -0.1) is 0 Å². The van der Waals surface area contributed by atoms with Crippen molar-refractivity contribution in [3.8, 4) is 0 Å². The van der Waals surface area contributed by atoms with E-state index in [1.807, 2.05) is 31.3 Å². The number of para-hydroxylation sites is 2. The molecule has 0 heterocycles. The zero-order valence-corrected chi connectivity index (χ0v) is 10.1. The summed E-state index contributed by atoms with van der Waals surface area (Å²) in [5.74, 6) is -0.171. The van der Waals surface area contributed by atoms with Crippen LogP contribution in [0, 0.1) is 0 Å². The molecule has 0 aliphatic rings. The lowest BCUT2D eigenvalue weighted by Crippen LogP contribution is -2.13. The molecule has 2 aromatic rings. The van der Waals surface area contributed by atoms with Gasteiger partial charge < -0.3 is 16.4 Å². The zero-order chi connectivity index (χ0) is 13.0. The molecule has 1 amide bonds. The predicted molar refractivity (Wildman–Crippen MR) is 74.8 cm³/mol. The van der Waals surface area contributed by atoms with E-state index in [0.717, 1.165) is 5.69 Å². The molecule has 0 aliphatic heterocycles. The maximum absolute atomic E-state index is 12.0. The minimum absolute atomic E-state index is 0.171. The van der Waals surface area contributed by atoms with Crippen LogP contribution >= 0.6 is 0 Å². The molecule has 0 unspecified atom stereocenters. The number of nitrogen functional groups attached to an aromatic ring is 1. The molecule has 4 N–H and O–H groups in total. The SMILES string of the molecule is CNc1ccc(C(=O)Nc2ccccc2N)cc1. The third-order valence-electron chi connectivity index (χ3n) is 2.64. The summed E-state index contributed by atoms with van der Waals surface area (Å²) >= 11 is 0. The molecule has 4 nitrogen and oxygen atoms in total. The van der Waals surface area contributed by atoms with Crippen molar-refractivity contribution in [2.24, 2.45) is 0 Å². The lowest BCUT2D eigenvalue weighted by Gasteiger charge is -2.08. The van der Waals surface area contributed by atoms with Crippen LogP contribution in [0.3, 0.4) is 0 Å². The van der Waals surface area contributed by atoms with Crippen molar-refractivity contribution in [1.29, 1.82) is 0 Å². The van der Waals surface area contributed by atoms with Crippen molar-refractivity contribution in [3.05, 3.63) is 54.1 Å². The standard InChI is InChI=1S/C14H15N3O/c1-16-11-8-6-10(7-9-11)14(18)17-13-5-3-2-4-12(13)15/h2-9,16H,15H2,1H3,(H,17,18). The van der Waals surface area contributed by atoms with E-state index in [9.17, 15) is 4.79 Å². The van der Waals surface area contributed by atoms with Crippen LogP contribution < -0.4 is 16.4 Å². The van der Waals surface area contributed by atoms with Gasteiger partial charge in [0.15, 0.2) is 0 Å². The molecule has 0 fully saturated rings. The van der Waals surface area contributed by atoms with Gasteiger partial charge in [-0.2, -0.15) is 0 Å². The molecule has 4 heteroatoms. The smallest absolute Gasteiger partial charge is 0.255 e. The van der Waals surface area contributed by atoms with Crippen LogP contribution in [-0.2, 0) is 0 Å². The Morgan fingerprint density at radius 1 is 1.06 bits per heavy atom. The third-order valence-corrected chi connectivity index (χ3v) is 2.64. The monoisotopic (exact) mass is 241 g/mol. The van der Waals surface area contributed by atoms with Crippen LogP contribution in [0.2, 0.25) is 0 Å². The highest BCUT2D eigenvalue weighted by Crippen LogP contribution is 2.18. The van der Waals surface area contributed by atoms with Gasteiger partial charge in [0.1, 0.15) is 0 Å². The van der Waals surface area contributed by atoms with Gasteiger partial charge in [0, 0.05) is 18.3 Å². The average Bonchev–Trinajstić information content (AvgIpc) is 2.41. The van der Waals surface area contributed by atoms with Gasteiger partial charge >= 0.3 is 0 Å². The Morgan fingerprint density at radius 2 is 1.72 bits per heavy atom. The second-order valence-electron chi connectivity index (χ2n) is 3.87. The van der Waals surface area contributed by atoms with E-state index in [-0.39, 0.29) is 5.91 Å². The Morgan fingerprint density at radius 3 is 2.33 bits per heavy atom. The molecule has 2 aromatic carbocycles. The highest BCUT2D eigenvalue weighted by atomic mass is 16.1. The van der Waals surface area contributed by atoms with Crippen LogP contribution in [0.5, 0.6) is 0 Å². The molecule has 0 spiro atoms. The van der Waals surface area contributed by atoms with Gasteiger partial charge in [-0.25, -0.2) is 0 Å². The van der Waals surface area contributed by atoms with Gasteiger partial charge in [-0.3, -0.25) is 4.79 Å². The third kappa shape index (κ3) is 2.60. The number of amides is 1. The predicted octanol–water partition coefficient (Wildman–Crippen LogP) is 2.56. The molecule has 0 aromatic heterocycles. The fourth-order valence-electron chi connectivity index (χ4n) is 1.59. The van der Waals surface area contributed by atoms with Crippen molar-refractivity contribution in [2.75, 3.05) is 23.4 Å². The second-order valence-corrected chi connectivity index (χ2v) is 3.87. The van der Waals surface area contributed by atoms with Gasteiger partial charge in [-0.05, 0) is 36.4 Å². The van der Waals surface area contributed by atoms with E-state index in [0.29, 0.717) is 16.9 Å². The summed E-state index contributed by atoms with van der Waals surface area (Å²) in [5.41, 5.74) is 8.50. The van der Waals surface area contributed by atoms with Crippen LogP contribution in [-0.4, -0.2) is 13.0 Å². The van der Waals surface area contributed by atoms with E-state index in [2.05, 4.69) is 10.6 Å². The summed E-state index contributed by atoms with van der Waals surface area (Å²) in [4.78, 5) is 12.0. The zero-order valence-electron chi connectivity index (χ0n) is 10.1. The Balaban J connectivity index is 2.14. The maximum Gasteiger partial charge on any atom is 0.255 e. The number of nitrogens with two attached hydrogens (primary N) is 1. The quantitative estimate of drug-likeness (QED) is 0.723. The summed E-state index contributed by atoms with van der Waals surface area (Å²) in [5, 5.41) is 5.78. The number of rotatable bonds is 3. The van der Waals surface area contributed by atoms with E-state index >= 15 is 0 Å². The number of hydrogen-bond donors (Lipinski definition) is 3. The lowest BCUT2D eigenvalue weighted by atomic mass is 10.2. The highest BCUT2D eigenvalue weighted by Gasteiger charge is 2.07. The van der Waals surface area contributed by atoms with Gasteiger partial charge in [-0.1, -0.05) is 12.1 Å². The molecule has 2 rings (SSSR count). The molecule has 92 valence electrons. The van der Waals surface area contributed by atoms with Gasteiger partial charge in [0.25, 0.3) is 5.91 Å². The number of benzene rings is 2. The molecular formula is C14H15N3O. The largest absolute Gasteiger partial charge is 0.397 e. The molecule has 0 saturated carbocycles. The Bertz CT molecular complexity index is 549. The summed E-state index contributed by atoms with van der Waals surface area (Å²) in [6.45, 7) is 0. The first-order valence-corrected chi connectivity index (χ1v) is 5.64. The topological polar surface area (TPSA) is 67.2 Å². The fourth-order valence-corrected chi connectivity index (χ4v) is 1.59. The Labute approximate surface area is 106 Å². The molecule has 0 radical (unpaired) electrons. The Hall–Kier alpha value is -2.49. The average molecular weight is 241 g/mol. The first-order valence-electron chi connectivity index (χ1n) is 5.64. The molecule has 0 bridgehead atoms. The van der Waals surface area contributed by atoms with E-state index in [1.54, 1.807) is 24.3 Å². The molecule has 0 atom stereocenters. The highest BCUT2D eigenvalue weighted by molar-refractivity contribution is 6.05. The number of carbonyl (C=O) groups is 1. The maximum atomic E-state index is 12.0. The van der Waals surface area contributed by atoms with E-state index < -0.39 is 0 Å². The van der Waals surface area contributed by atoms with Crippen LogP contribution in [0.15, 0.2) is 48.5 Å². The normalized spacial score (nSPS) is 9.83. The number of anilines is 3. The van der Waals surface area contributed by atoms with Gasteiger partial charge in [0.05, 0.1) is 11.4 Å². The molecule has 18 heavy (non-hydrogen) atoms. The van der Waals surface area contributed by atoms with E-state index in [1.165, 1.54) is 0 Å². The minimum Gasteiger partial charge on any atom is -0.397 e. The number of nitrogens with one attached hydrogen (secondary N) is 2. The van der Waals surface area contributed by atoms with E-state index in [4.69, 9.17) is 5.73 Å². The summed E-state index contributed by atoms with van der Waals surface area (Å²) < 4.78 is 0. The summed E-state index contributed by atoms with van der Waals surface area (Å²) in [6.07, 6.45) is 0. The second kappa shape index (κ2) is 5.23.